The molecule has 2 aliphatic rings. The van der Waals surface area contributed by atoms with Crippen LogP contribution >= 0.6 is 0 Å². The summed E-state index contributed by atoms with van der Waals surface area (Å²) in [6.45, 7) is 1.18. The van der Waals surface area contributed by atoms with E-state index in [-0.39, 0.29) is 12.8 Å². The van der Waals surface area contributed by atoms with Crippen molar-refractivity contribution < 1.29 is 29.4 Å². The standard InChI is InChI=1S/C13H13NO6/c1-12(10(17)18)6-2-3-7-13(12,11(19)20)14-8(15)4-5-9(14)16/h2-3,6-7H,4-5H2,1H3,(H,17,18)(H,19,20). The smallest absolute Gasteiger partial charge is 0.335 e. The number of nitrogens with zero attached hydrogens (tertiary/aromatic N) is 1. The van der Waals surface area contributed by atoms with Gasteiger partial charge in [0.2, 0.25) is 11.8 Å². The first-order valence-corrected chi connectivity index (χ1v) is 5.97. The minimum Gasteiger partial charge on any atom is -0.481 e. The summed E-state index contributed by atoms with van der Waals surface area (Å²) in [7, 11) is 0. The van der Waals surface area contributed by atoms with E-state index in [4.69, 9.17) is 0 Å². The number of aliphatic carboxylic acids is 2. The number of hydrogen-bond donors (Lipinski definition) is 2. The van der Waals surface area contributed by atoms with Crippen LogP contribution in [0.2, 0.25) is 0 Å². The van der Waals surface area contributed by atoms with Gasteiger partial charge in [-0.25, -0.2) is 4.79 Å². The average Bonchev–Trinajstić information content (AvgIpc) is 2.70. The van der Waals surface area contributed by atoms with E-state index in [1.54, 1.807) is 0 Å². The monoisotopic (exact) mass is 279 g/mol. The highest BCUT2D eigenvalue weighted by Gasteiger charge is 2.64. The van der Waals surface area contributed by atoms with E-state index in [0.29, 0.717) is 4.90 Å². The minimum absolute atomic E-state index is 0.110. The number of carbonyl (C=O) groups excluding carboxylic acids is 2. The van der Waals surface area contributed by atoms with Gasteiger partial charge < -0.3 is 10.2 Å². The predicted molar refractivity (Wildman–Crippen MR) is 65.5 cm³/mol. The van der Waals surface area contributed by atoms with Crippen molar-refractivity contribution in [1.29, 1.82) is 0 Å². The van der Waals surface area contributed by atoms with Gasteiger partial charge in [0.1, 0.15) is 5.41 Å². The summed E-state index contributed by atoms with van der Waals surface area (Å²) in [5, 5.41) is 19.0. The first-order chi connectivity index (χ1) is 9.27. The molecule has 1 aliphatic carbocycles. The molecule has 106 valence electrons. The van der Waals surface area contributed by atoms with Gasteiger partial charge in [-0.1, -0.05) is 18.2 Å². The van der Waals surface area contributed by atoms with Crippen molar-refractivity contribution in [1.82, 2.24) is 4.90 Å². The van der Waals surface area contributed by atoms with Crippen LogP contribution in [0.15, 0.2) is 24.3 Å². The first kappa shape index (κ1) is 14.0. The third-order valence-corrected chi connectivity index (χ3v) is 3.84. The maximum absolute atomic E-state index is 11.9. The Labute approximate surface area is 114 Å². The van der Waals surface area contributed by atoms with Crippen LogP contribution in [-0.2, 0) is 19.2 Å². The number of carbonyl (C=O) groups is 4. The predicted octanol–water partition coefficient (Wildman–Crippen LogP) is 0.176. The van der Waals surface area contributed by atoms with Crippen molar-refractivity contribution in [3.63, 3.8) is 0 Å². The molecule has 1 heterocycles. The Morgan fingerprint density at radius 2 is 1.55 bits per heavy atom. The Morgan fingerprint density at radius 3 is 2.00 bits per heavy atom. The molecule has 0 spiro atoms. The zero-order valence-corrected chi connectivity index (χ0v) is 10.7. The molecule has 1 fully saturated rings. The summed E-state index contributed by atoms with van der Waals surface area (Å²) in [6, 6.07) is 0. The summed E-state index contributed by atoms with van der Waals surface area (Å²) in [6.07, 6.45) is 4.77. The fraction of sp³-hybridized carbons (Fsp3) is 0.385. The van der Waals surface area contributed by atoms with Gasteiger partial charge in [-0.2, -0.15) is 0 Å². The van der Waals surface area contributed by atoms with Crippen LogP contribution in [0.4, 0.5) is 0 Å². The summed E-state index contributed by atoms with van der Waals surface area (Å²) in [4.78, 5) is 47.7. The Morgan fingerprint density at radius 1 is 1.05 bits per heavy atom. The third-order valence-electron chi connectivity index (χ3n) is 3.84. The Balaban J connectivity index is 2.72. The van der Waals surface area contributed by atoms with Crippen LogP contribution < -0.4 is 0 Å². The number of carboxylic acid groups (broad SMARTS) is 2. The van der Waals surface area contributed by atoms with E-state index >= 15 is 0 Å². The second kappa shape index (κ2) is 4.29. The second-order valence-corrected chi connectivity index (χ2v) is 4.92. The summed E-state index contributed by atoms with van der Waals surface area (Å²) in [5.41, 5.74) is -4.17. The van der Waals surface area contributed by atoms with Crippen LogP contribution in [0.3, 0.4) is 0 Å². The van der Waals surface area contributed by atoms with E-state index < -0.39 is 34.7 Å². The van der Waals surface area contributed by atoms with Gasteiger partial charge >= 0.3 is 11.9 Å². The zero-order valence-electron chi connectivity index (χ0n) is 10.7. The molecule has 2 unspecified atom stereocenters. The molecular weight excluding hydrogens is 266 g/mol. The molecule has 0 bridgehead atoms. The van der Waals surface area contributed by atoms with E-state index in [1.165, 1.54) is 25.2 Å². The number of imide groups is 1. The molecular formula is C13H13NO6. The molecule has 7 nitrogen and oxygen atoms in total. The molecule has 2 atom stereocenters. The fourth-order valence-electron chi connectivity index (χ4n) is 2.64. The molecule has 7 heteroatoms. The van der Waals surface area contributed by atoms with Crippen LogP contribution in [-0.4, -0.2) is 44.4 Å². The van der Waals surface area contributed by atoms with Crippen molar-refractivity contribution in [2.75, 3.05) is 0 Å². The van der Waals surface area contributed by atoms with E-state index in [2.05, 4.69) is 0 Å². The van der Waals surface area contributed by atoms with Gasteiger partial charge in [0.25, 0.3) is 0 Å². The van der Waals surface area contributed by atoms with E-state index in [0.717, 1.165) is 6.08 Å². The highest BCUT2D eigenvalue weighted by Crippen LogP contribution is 2.44. The number of amides is 2. The van der Waals surface area contributed by atoms with Gasteiger partial charge in [0.15, 0.2) is 5.54 Å². The van der Waals surface area contributed by atoms with Crippen molar-refractivity contribution in [2.45, 2.75) is 25.3 Å². The maximum Gasteiger partial charge on any atom is 0.335 e. The lowest BCUT2D eigenvalue weighted by Gasteiger charge is -2.44. The number of hydrogen-bond acceptors (Lipinski definition) is 4. The van der Waals surface area contributed by atoms with Crippen LogP contribution in [0.5, 0.6) is 0 Å². The molecule has 0 aromatic carbocycles. The SMILES string of the molecule is CC1(C(=O)O)C=CC=CC1(C(=O)O)N1C(=O)CCC1=O. The lowest BCUT2D eigenvalue weighted by Crippen LogP contribution is -2.66. The highest BCUT2D eigenvalue weighted by molar-refractivity contribution is 6.09. The zero-order chi connectivity index (χ0) is 15.1. The number of carboxylic acids is 2. The molecule has 0 radical (unpaired) electrons. The number of rotatable bonds is 3. The fourth-order valence-corrected chi connectivity index (χ4v) is 2.64. The second-order valence-electron chi connectivity index (χ2n) is 4.92. The van der Waals surface area contributed by atoms with Gasteiger partial charge in [-0.15, -0.1) is 0 Å². The van der Waals surface area contributed by atoms with Gasteiger partial charge in [-0.05, 0) is 13.0 Å². The largest absolute Gasteiger partial charge is 0.481 e. The molecule has 1 aliphatic heterocycles. The van der Waals surface area contributed by atoms with Crippen LogP contribution in [0, 0.1) is 5.41 Å². The van der Waals surface area contributed by atoms with E-state index in [9.17, 15) is 29.4 Å². The quantitative estimate of drug-likeness (QED) is 0.712. The average molecular weight is 279 g/mol. The normalized spacial score (nSPS) is 32.8. The Kier molecular flexibility index (Phi) is 3.00. The first-order valence-electron chi connectivity index (χ1n) is 5.97. The van der Waals surface area contributed by atoms with Gasteiger partial charge in [0.05, 0.1) is 0 Å². The Hall–Kier alpha value is -2.44. The summed E-state index contributed by atoms with van der Waals surface area (Å²) < 4.78 is 0. The molecule has 0 saturated carbocycles. The number of likely N-dealkylation sites (tertiary alicyclic amines) is 1. The van der Waals surface area contributed by atoms with E-state index in [1.807, 2.05) is 0 Å². The van der Waals surface area contributed by atoms with Gasteiger partial charge in [0, 0.05) is 12.8 Å². The number of allylic oxidation sites excluding steroid dienone is 2. The van der Waals surface area contributed by atoms with Crippen molar-refractivity contribution in [2.24, 2.45) is 5.41 Å². The Bertz CT molecular complexity index is 561. The lowest BCUT2D eigenvalue weighted by molar-refractivity contribution is -0.173. The van der Waals surface area contributed by atoms with Crippen LogP contribution in [0.25, 0.3) is 0 Å². The molecule has 2 N–H and O–H groups in total. The van der Waals surface area contributed by atoms with Crippen LogP contribution in [0.1, 0.15) is 19.8 Å². The molecule has 0 aromatic heterocycles. The maximum atomic E-state index is 11.9. The van der Waals surface area contributed by atoms with Crippen molar-refractivity contribution >= 4 is 23.8 Å². The van der Waals surface area contributed by atoms with Gasteiger partial charge in [-0.3, -0.25) is 19.3 Å². The summed E-state index contributed by atoms with van der Waals surface area (Å²) >= 11 is 0. The van der Waals surface area contributed by atoms with Crippen molar-refractivity contribution in [3.05, 3.63) is 24.3 Å². The highest BCUT2D eigenvalue weighted by atomic mass is 16.4. The lowest BCUT2D eigenvalue weighted by atomic mass is 9.67. The minimum atomic E-state index is -2.24. The molecule has 20 heavy (non-hydrogen) atoms. The topological polar surface area (TPSA) is 112 Å². The third kappa shape index (κ3) is 1.52. The molecule has 0 aromatic rings. The molecule has 2 rings (SSSR count). The van der Waals surface area contributed by atoms with Crippen molar-refractivity contribution in [3.8, 4) is 0 Å². The molecule has 2 amide bonds. The molecule has 1 saturated heterocycles. The summed E-state index contributed by atoms with van der Waals surface area (Å²) in [5.74, 6) is -4.32.